The van der Waals surface area contributed by atoms with Gasteiger partial charge in [0.05, 0.1) is 37.8 Å². The van der Waals surface area contributed by atoms with Crippen LogP contribution in [0, 0.1) is 0 Å². The van der Waals surface area contributed by atoms with Crippen molar-refractivity contribution in [2.75, 3.05) is 20.2 Å². The number of ether oxygens (including phenoxy) is 2. The minimum atomic E-state index is -0.0453. The van der Waals surface area contributed by atoms with Gasteiger partial charge in [-0.3, -0.25) is 9.69 Å². The molecule has 0 radical (unpaired) electrons. The molecule has 27 heavy (non-hydrogen) atoms. The summed E-state index contributed by atoms with van der Waals surface area (Å²) in [6, 6.07) is 7.76. The van der Waals surface area contributed by atoms with Crippen LogP contribution in [0.4, 0.5) is 0 Å². The number of piperidine rings is 1. The summed E-state index contributed by atoms with van der Waals surface area (Å²) in [6.45, 7) is 2.84. The fourth-order valence-corrected chi connectivity index (χ4v) is 4.10. The second-order valence-corrected chi connectivity index (χ2v) is 7.19. The van der Waals surface area contributed by atoms with Gasteiger partial charge in [0, 0.05) is 36.1 Å². The van der Waals surface area contributed by atoms with Crippen molar-refractivity contribution >= 4 is 10.9 Å². The highest BCUT2D eigenvalue weighted by atomic mass is 16.5. The van der Waals surface area contributed by atoms with Crippen molar-refractivity contribution < 1.29 is 9.47 Å². The third-order valence-electron chi connectivity index (χ3n) is 5.53. The van der Waals surface area contributed by atoms with E-state index in [0.717, 1.165) is 47.4 Å². The molecule has 4 heterocycles. The van der Waals surface area contributed by atoms with E-state index in [2.05, 4.69) is 20.2 Å². The van der Waals surface area contributed by atoms with Crippen LogP contribution in [0.25, 0.3) is 10.9 Å². The summed E-state index contributed by atoms with van der Waals surface area (Å²) in [4.78, 5) is 17.8. The highest BCUT2D eigenvalue weighted by Gasteiger charge is 2.36. The zero-order chi connectivity index (χ0) is 18.4. The average molecular weight is 367 g/mol. The van der Waals surface area contributed by atoms with Gasteiger partial charge in [-0.05, 0) is 30.7 Å². The van der Waals surface area contributed by atoms with Crippen molar-refractivity contribution in [3.63, 3.8) is 0 Å². The summed E-state index contributed by atoms with van der Waals surface area (Å²) >= 11 is 0. The number of likely N-dealkylation sites (tertiary alicyclic amines) is 1. The standard InChI is InChI=1S/C19H21N5O3/c1-26-15-2-3-16-12(7-15)6-13(19(25)21-16)9-23-5-4-18-17(10-23)24-14(11-27-18)8-20-22-24/h2-3,6-8,17-18H,4-5,9-11H2,1H3,(H,21,25)/t17-,18+/m1/s1. The van der Waals surface area contributed by atoms with Crippen molar-refractivity contribution in [2.24, 2.45) is 0 Å². The number of aromatic amines is 1. The van der Waals surface area contributed by atoms with E-state index >= 15 is 0 Å². The van der Waals surface area contributed by atoms with E-state index in [4.69, 9.17) is 9.47 Å². The number of aromatic nitrogens is 4. The smallest absolute Gasteiger partial charge is 0.252 e. The van der Waals surface area contributed by atoms with Gasteiger partial charge in [-0.15, -0.1) is 5.10 Å². The van der Waals surface area contributed by atoms with E-state index < -0.39 is 0 Å². The third kappa shape index (κ3) is 2.90. The van der Waals surface area contributed by atoms with E-state index in [9.17, 15) is 4.79 Å². The molecular weight excluding hydrogens is 346 g/mol. The zero-order valence-electron chi connectivity index (χ0n) is 15.1. The Bertz CT molecular complexity index is 1040. The van der Waals surface area contributed by atoms with Crippen molar-refractivity contribution in [3.8, 4) is 5.75 Å². The van der Waals surface area contributed by atoms with Gasteiger partial charge in [0.1, 0.15) is 5.75 Å². The van der Waals surface area contributed by atoms with Crippen LogP contribution in [0.3, 0.4) is 0 Å². The quantitative estimate of drug-likeness (QED) is 0.755. The molecule has 0 unspecified atom stereocenters. The predicted octanol–water partition coefficient (Wildman–Crippen LogP) is 1.47. The van der Waals surface area contributed by atoms with Gasteiger partial charge in [0.25, 0.3) is 5.56 Å². The molecule has 0 aliphatic carbocycles. The predicted molar refractivity (Wildman–Crippen MR) is 98.7 cm³/mol. The minimum absolute atomic E-state index is 0.0453. The highest BCUT2D eigenvalue weighted by molar-refractivity contribution is 5.80. The Morgan fingerprint density at radius 1 is 1.37 bits per heavy atom. The number of hydrogen-bond donors (Lipinski definition) is 1. The lowest BCUT2D eigenvalue weighted by Crippen LogP contribution is -2.48. The first kappa shape index (κ1) is 16.5. The fraction of sp³-hybridized carbons (Fsp3) is 0.421. The average Bonchev–Trinajstić information content (AvgIpc) is 3.17. The Morgan fingerprint density at radius 2 is 2.30 bits per heavy atom. The van der Waals surface area contributed by atoms with Crippen LogP contribution in [0.2, 0.25) is 0 Å². The number of nitrogens with zero attached hydrogens (tertiary/aromatic N) is 4. The molecule has 2 aliphatic rings. The molecule has 5 rings (SSSR count). The number of H-pyrrole nitrogens is 1. The summed E-state index contributed by atoms with van der Waals surface area (Å²) in [6.07, 6.45) is 2.84. The first-order chi connectivity index (χ1) is 13.2. The molecule has 0 spiro atoms. The van der Waals surface area contributed by atoms with Crippen LogP contribution in [0.15, 0.2) is 35.3 Å². The number of hydrogen-bond acceptors (Lipinski definition) is 6. The number of pyridine rings is 1. The summed E-state index contributed by atoms with van der Waals surface area (Å²) in [5.74, 6) is 0.777. The molecular formula is C19H21N5O3. The summed E-state index contributed by atoms with van der Waals surface area (Å²) < 4.78 is 13.2. The highest BCUT2D eigenvalue weighted by Crippen LogP contribution is 2.30. The maximum Gasteiger partial charge on any atom is 0.252 e. The zero-order valence-corrected chi connectivity index (χ0v) is 15.1. The molecule has 0 saturated carbocycles. The van der Waals surface area contributed by atoms with Crippen molar-refractivity contribution in [2.45, 2.75) is 31.7 Å². The Labute approximate surface area is 155 Å². The summed E-state index contributed by atoms with van der Waals surface area (Å²) in [5.41, 5.74) is 2.53. The molecule has 1 N–H and O–H groups in total. The number of rotatable bonds is 3. The van der Waals surface area contributed by atoms with Gasteiger partial charge in [-0.2, -0.15) is 0 Å². The van der Waals surface area contributed by atoms with Crippen LogP contribution in [-0.4, -0.2) is 51.2 Å². The molecule has 2 aromatic heterocycles. The van der Waals surface area contributed by atoms with E-state index in [1.165, 1.54) is 0 Å². The van der Waals surface area contributed by atoms with Gasteiger partial charge in [0.15, 0.2) is 0 Å². The Hall–Kier alpha value is -2.71. The van der Waals surface area contributed by atoms with Crippen LogP contribution in [0.5, 0.6) is 5.75 Å². The first-order valence-corrected chi connectivity index (χ1v) is 9.14. The molecule has 3 aromatic rings. The summed E-state index contributed by atoms with van der Waals surface area (Å²) in [5, 5.41) is 9.23. The number of methoxy groups -OCH3 is 1. The maximum absolute atomic E-state index is 12.5. The van der Waals surface area contributed by atoms with E-state index in [1.807, 2.05) is 28.9 Å². The molecule has 8 heteroatoms. The largest absolute Gasteiger partial charge is 0.497 e. The molecule has 1 fully saturated rings. The Morgan fingerprint density at radius 3 is 3.19 bits per heavy atom. The fourth-order valence-electron chi connectivity index (χ4n) is 4.10. The van der Waals surface area contributed by atoms with Crippen molar-refractivity contribution in [1.29, 1.82) is 0 Å². The lowest BCUT2D eigenvalue weighted by atomic mass is 10.00. The number of nitrogens with one attached hydrogen (secondary N) is 1. The van der Waals surface area contributed by atoms with Crippen molar-refractivity contribution in [3.05, 3.63) is 52.1 Å². The van der Waals surface area contributed by atoms with Crippen LogP contribution in [-0.2, 0) is 17.9 Å². The number of fused-ring (bicyclic) bond motifs is 4. The van der Waals surface area contributed by atoms with E-state index in [-0.39, 0.29) is 17.7 Å². The topological polar surface area (TPSA) is 85.3 Å². The lowest BCUT2D eigenvalue weighted by Gasteiger charge is -2.40. The summed E-state index contributed by atoms with van der Waals surface area (Å²) in [7, 11) is 1.64. The van der Waals surface area contributed by atoms with Crippen LogP contribution in [0.1, 0.15) is 23.7 Å². The normalized spacial score (nSPS) is 22.4. The SMILES string of the molecule is COc1ccc2[nH]c(=O)c(CN3CC[C@@H]4OCc5cnnn5[C@@H]4C3)cc2c1. The van der Waals surface area contributed by atoms with Gasteiger partial charge in [-0.1, -0.05) is 5.21 Å². The lowest BCUT2D eigenvalue weighted by molar-refractivity contribution is -0.0670. The van der Waals surface area contributed by atoms with Gasteiger partial charge < -0.3 is 14.5 Å². The third-order valence-corrected chi connectivity index (χ3v) is 5.53. The molecule has 0 bridgehead atoms. The molecule has 2 atom stereocenters. The maximum atomic E-state index is 12.5. The van der Waals surface area contributed by atoms with E-state index in [0.29, 0.717) is 13.2 Å². The Balaban J connectivity index is 1.41. The molecule has 1 saturated heterocycles. The molecule has 8 nitrogen and oxygen atoms in total. The molecule has 0 amide bonds. The second-order valence-electron chi connectivity index (χ2n) is 7.19. The molecule has 2 aliphatic heterocycles. The van der Waals surface area contributed by atoms with Gasteiger partial charge in [-0.25, -0.2) is 4.68 Å². The monoisotopic (exact) mass is 367 g/mol. The minimum Gasteiger partial charge on any atom is -0.497 e. The van der Waals surface area contributed by atoms with Gasteiger partial charge in [0.2, 0.25) is 0 Å². The Kier molecular flexibility index (Phi) is 3.95. The molecule has 140 valence electrons. The molecule has 1 aromatic carbocycles. The first-order valence-electron chi connectivity index (χ1n) is 9.14. The number of benzene rings is 1. The second kappa shape index (κ2) is 6.47. The van der Waals surface area contributed by atoms with Crippen LogP contribution < -0.4 is 10.3 Å². The van der Waals surface area contributed by atoms with E-state index in [1.54, 1.807) is 13.3 Å². The van der Waals surface area contributed by atoms with Crippen LogP contribution >= 0.6 is 0 Å². The van der Waals surface area contributed by atoms with Gasteiger partial charge >= 0.3 is 0 Å². The van der Waals surface area contributed by atoms with Crippen molar-refractivity contribution in [1.82, 2.24) is 24.9 Å².